The monoisotopic (exact) mass is 342 g/mol. The van der Waals surface area contributed by atoms with Gasteiger partial charge in [0.05, 0.1) is 6.10 Å². The van der Waals surface area contributed by atoms with Crippen molar-refractivity contribution >= 4 is 22.4 Å². The summed E-state index contributed by atoms with van der Waals surface area (Å²) in [5.41, 5.74) is 0. The first-order valence-corrected chi connectivity index (χ1v) is 14.0. The van der Waals surface area contributed by atoms with Gasteiger partial charge in [0.2, 0.25) is 0 Å². The SMILES string of the molecule is CC(C)(C)[Si](C)(C)O[C@H]1C=CC(=O)[C@@H]1O[Si](C)(C)C(C)(C)C. The van der Waals surface area contributed by atoms with Crippen molar-refractivity contribution in [2.75, 3.05) is 0 Å². The van der Waals surface area contributed by atoms with Crippen LogP contribution in [0.4, 0.5) is 0 Å². The van der Waals surface area contributed by atoms with Crippen LogP contribution in [-0.2, 0) is 13.6 Å². The fourth-order valence-corrected chi connectivity index (χ4v) is 4.26. The van der Waals surface area contributed by atoms with Crippen LogP contribution in [0.5, 0.6) is 0 Å². The molecule has 0 aromatic carbocycles. The number of ketones is 1. The summed E-state index contributed by atoms with van der Waals surface area (Å²) in [5.74, 6) is 0.0496. The van der Waals surface area contributed by atoms with E-state index in [1.807, 2.05) is 6.08 Å². The molecule has 0 radical (unpaired) electrons. The van der Waals surface area contributed by atoms with E-state index in [1.165, 1.54) is 0 Å². The first-order chi connectivity index (χ1) is 9.58. The molecule has 1 aliphatic carbocycles. The summed E-state index contributed by atoms with van der Waals surface area (Å²) in [6.45, 7) is 22.0. The van der Waals surface area contributed by atoms with Crippen molar-refractivity contribution in [3.8, 4) is 0 Å². The Morgan fingerprint density at radius 2 is 1.27 bits per heavy atom. The van der Waals surface area contributed by atoms with Crippen molar-refractivity contribution in [2.24, 2.45) is 0 Å². The molecule has 0 aliphatic heterocycles. The van der Waals surface area contributed by atoms with Gasteiger partial charge in [-0.25, -0.2) is 0 Å². The smallest absolute Gasteiger partial charge is 0.193 e. The van der Waals surface area contributed by atoms with E-state index in [0.29, 0.717) is 0 Å². The van der Waals surface area contributed by atoms with Crippen molar-refractivity contribution in [3.63, 3.8) is 0 Å². The Kier molecular flexibility index (Phi) is 5.40. The van der Waals surface area contributed by atoms with Crippen molar-refractivity contribution in [1.82, 2.24) is 0 Å². The molecule has 3 nitrogen and oxygen atoms in total. The first kappa shape index (κ1) is 19.8. The van der Waals surface area contributed by atoms with Crippen molar-refractivity contribution in [3.05, 3.63) is 12.2 Å². The number of carbonyl (C=O) groups excluding carboxylic acids is 1. The molecule has 5 heteroatoms. The minimum absolute atomic E-state index is 0.0496. The van der Waals surface area contributed by atoms with E-state index in [-0.39, 0.29) is 22.0 Å². The zero-order valence-corrected chi connectivity index (χ0v) is 18.0. The van der Waals surface area contributed by atoms with Crippen LogP contribution in [0.1, 0.15) is 41.5 Å². The number of rotatable bonds is 4. The molecule has 0 bridgehead atoms. The number of hydrogen-bond acceptors (Lipinski definition) is 3. The molecule has 0 heterocycles. The molecule has 0 aromatic heterocycles. The molecule has 1 rings (SSSR count). The lowest BCUT2D eigenvalue weighted by atomic mass is 10.2. The highest BCUT2D eigenvalue weighted by atomic mass is 28.4. The average Bonchev–Trinajstić information content (AvgIpc) is 2.57. The molecule has 0 amide bonds. The van der Waals surface area contributed by atoms with Crippen LogP contribution in [0, 0.1) is 0 Å². The van der Waals surface area contributed by atoms with Gasteiger partial charge in [0.1, 0.15) is 6.10 Å². The first-order valence-electron chi connectivity index (χ1n) is 8.16. The van der Waals surface area contributed by atoms with Crippen molar-refractivity contribution in [1.29, 1.82) is 0 Å². The molecule has 0 unspecified atom stereocenters. The van der Waals surface area contributed by atoms with Gasteiger partial charge in [0.25, 0.3) is 0 Å². The van der Waals surface area contributed by atoms with Gasteiger partial charge < -0.3 is 8.85 Å². The highest BCUT2D eigenvalue weighted by molar-refractivity contribution is 6.74. The Morgan fingerprint density at radius 1 is 0.864 bits per heavy atom. The van der Waals surface area contributed by atoms with E-state index >= 15 is 0 Å². The molecule has 1 aliphatic rings. The van der Waals surface area contributed by atoms with Crippen molar-refractivity contribution in [2.45, 2.75) is 90.0 Å². The summed E-state index contributed by atoms with van der Waals surface area (Å²) < 4.78 is 12.8. The largest absolute Gasteiger partial charge is 0.407 e. The zero-order chi connectivity index (χ0) is 17.6. The Hall–Kier alpha value is -0.236. The molecule has 0 spiro atoms. The Bertz CT molecular complexity index is 454. The summed E-state index contributed by atoms with van der Waals surface area (Å²) >= 11 is 0. The predicted molar refractivity (Wildman–Crippen MR) is 98.3 cm³/mol. The summed E-state index contributed by atoms with van der Waals surface area (Å²) in [5, 5.41) is 0.200. The predicted octanol–water partition coefficient (Wildman–Crippen LogP) is 4.91. The minimum Gasteiger partial charge on any atom is -0.407 e. The van der Waals surface area contributed by atoms with Crippen LogP contribution in [0.3, 0.4) is 0 Å². The summed E-state index contributed by atoms with van der Waals surface area (Å²) in [6, 6.07) is 0. The van der Waals surface area contributed by atoms with Gasteiger partial charge in [-0.2, -0.15) is 0 Å². The quantitative estimate of drug-likeness (QED) is 0.681. The van der Waals surface area contributed by atoms with Crippen LogP contribution in [0.2, 0.25) is 36.3 Å². The summed E-state index contributed by atoms with van der Waals surface area (Å²) in [6.07, 6.45) is 2.83. The third kappa shape index (κ3) is 4.19. The average molecular weight is 343 g/mol. The van der Waals surface area contributed by atoms with Crippen LogP contribution in [0.15, 0.2) is 12.2 Å². The Morgan fingerprint density at radius 3 is 1.68 bits per heavy atom. The normalized spacial score (nSPS) is 24.2. The van der Waals surface area contributed by atoms with Crippen LogP contribution < -0.4 is 0 Å². The maximum atomic E-state index is 12.3. The Labute approximate surface area is 138 Å². The van der Waals surface area contributed by atoms with Gasteiger partial charge in [-0.1, -0.05) is 47.6 Å². The van der Waals surface area contributed by atoms with Gasteiger partial charge in [0, 0.05) is 0 Å². The van der Waals surface area contributed by atoms with E-state index in [0.717, 1.165) is 0 Å². The molecule has 0 aromatic rings. The molecule has 128 valence electrons. The lowest BCUT2D eigenvalue weighted by Gasteiger charge is -2.42. The van der Waals surface area contributed by atoms with Crippen LogP contribution >= 0.6 is 0 Å². The van der Waals surface area contributed by atoms with Crippen LogP contribution in [-0.4, -0.2) is 34.6 Å². The maximum Gasteiger partial charge on any atom is 0.193 e. The fourth-order valence-electron chi connectivity index (χ4n) is 1.78. The Balaban J connectivity index is 2.94. The highest BCUT2D eigenvalue weighted by Crippen LogP contribution is 2.41. The number of hydrogen-bond donors (Lipinski definition) is 0. The molecule has 22 heavy (non-hydrogen) atoms. The molecular weight excluding hydrogens is 308 g/mol. The van der Waals surface area contributed by atoms with Gasteiger partial charge in [0.15, 0.2) is 22.4 Å². The second-order valence-electron chi connectivity index (χ2n) is 9.40. The lowest BCUT2D eigenvalue weighted by Crippen LogP contribution is -2.51. The topological polar surface area (TPSA) is 35.5 Å². The maximum absolute atomic E-state index is 12.3. The van der Waals surface area contributed by atoms with Gasteiger partial charge in [-0.3, -0.25) is 4.79 Å². The van der Waals surface area contributed by atoms with E-state index in [4.69, 9.17) is 8.85 Å². The third-order valence-electron chi connectivity index (χ3n) is 5.49. The number of carbonyl (C=O) groups is 1. The molecule has 0 saturated carbocycles. The third-order valence-corrected chi connectivity index (χ3v) is 14.4. The molecule has 2 atom stereocenters. The van der Waals surface area contributed by atoms with E-state index in [2.05, 4.69) is 67.7 Å². The molecule has 0 N–H and O–H groups in total. The lowest BCUT2D eigenvalue weighted by molar-refractivity contribution is -0.123. The molecule has 0 saturated heterocycles. The standard InChI is InChI=1S/C17H34O3Si2/c1-16(2,3)21(7,8)19-14-12-11-13(18)15(14)20-22(9,10)17(4,5)6/h11-12,14-15H,1-10H3/t14-,15-/m0/s1. The summed E-state index contributed by atoms with van der Waals surface area (Å²) in [7, 11) is -3.93. The van der Waals surface area contributed by atoms with E-state index in [1.54, 1.807) is 6.08 Å². The highest BCUT2D eigenvalue weighted by Gasteiger charge is 2.47. The fraction of sp³-hybridized carbons (Fsp3) is 0.824. The van der Waals surface area contributed by atoms with E-state index < -0.39 is 22.7 Å². The van der Waals surface area contributed by atoms with Crippen molar-refractivity contribution < 1.29 is 13.6 Å². The summed E-state index contributed by atoms with van der Waals surface area (Å²) in [4.78, 5) is 12.3. The second-order valence-corrected chi connectivity index (χ2v) is 18.9. The van der Waals surface area contributed by atoms with Gasteiger partial charge >= 0.3 is 0 Å². The minimum atomic E-state index is -2.00. The second kappa shape index (κ2) is 6.00. The molecular formula is C17H34O3Si2. The molecule has 0 fully saturated rings. The van der Waals surface area contributed by atoms with Gasteiger partial charge in [-0.15, -0.1) is 0 Å². The van der Waals surface area contributed by atoms with E-state index in [9.17, 15) is 4.79 Å². The van der Waals surface area contributed by atoms with Crippen LogP contribution in [0.25, 0.3) is 0 Å². The van der Waals surface area contributed by atoms with Gasteiger partial charge in [-0.05, 0) is 42.3 Å². The zero-order valence-electron chi connectivity index (χ0n) is 16.0.